The molecular formula is C16H13F7O5. The Hall–Kier alpha value is -2.66. The largest absolute Gasteiger partial charge is 0.466 e. The van der Waals surface area contributed by atoms with Crippen LogP contribution in [0, 0.1) is 5.92 Å². The fourth-order valence-electron chi connectivity index (χ4n) is 2.30. The van der Waals surface area contributed by atoms with Crippen molar-refractivity contribution < 1.29 is 54.6 Å². The molecule has 156 valence electrons. The van der Waals surface area contributed by atoms with Crippen LogP contribution in [0.2, 0.25) is 0 Å². The lowest BCUT2D eigenvalue weighted by Crippen LogP contribution is -2.55. The molecule has 0 aromatic heterocycles. The summed E-state index contributed by atoms with van der Waals surface area (Å²) in [6.45, 7) is 0. The zero-order valence-electron chi connectivity index (χ0n) is 14.3. The third-order valence-electron chi connectivity index (χ3n) is 3.76. The molecule has 1 atom stereocenters. The molecule has 0 unspecified atom stereocenters. The van der Waals surface area contributed by atoms with Gasteiger partial charge in [0, 0.05) is 12.0 Å². The highest BCUT2D eigenvalue weighted by Crippen LogP contribution is 2.42. The van der Waals surface area contributed by atoms with Crippen LogP contribution in [0.1, 0.15) is 22.3 Å². The second-order valence-corrected chi connectivity index (χ2v) is 5.49. The van der Waals surface area contributed by atoms with Crippen LogP contribution in [0.15, 0.2) is 24.3 Å². The molecule has 5 nitrogen and oxygen atoms in total. The van der Waals surface area contributed by atoms with E-state index in [1.165, 1.54) is 0 Å². The minimum atomic E-state index is -5.57. The first-order valence-corrected chi connectivity index (χ1v) is 7.32. The quantitative estimate of drug-likeness (QED) is 0.306. The van der Waals surface area contributed by atoms with Crippen molar-refractivity contribution in [2.75, 3.05) is 14.2 Å². The highest BCUT2D eigenvalue weighted by molar-refractivity contribution is 6.05. The second-order valence-electron chi connectivity index (χ2n) is 5.49. The van der Waals surface area contributed by atoms with Crippen molar-refractivity contribution >= 4 is 17.7 Å². The first kappa shape index (κ1) is 23.4. The number of esters is 2. The van der Waals surface area contributed by atoms with E-state index in [-0.39, 0.29) is 0 Å². The zero-order valence-corrected chi connectivity index (χ0v) is 14.3. The van der Waals surface area contributed by atoms with Crippen molar-refractivity contribution in [3.63, 3.8) is 0 Å². The van der Waals surface area contributed by atoms with Gasteiger partial charge >= 0.3 is 30.0 Å². The number of Topliss-reactive ketones (excluding diaryl/α,β-unsaturated/α-hetero) is 1. The van der Waals surface area contributed by atoms with E-state index in [1.807, 2.05) is 0 Å². The molecule has 0 aliphatic heterocycles. The third kappa shape index (κ3) is 4.78. The average molecular weight is 418 g/mol. The minimum Gasteiger partial charge on any atom is -0.466 e. The van der Waals surface area contributed by atoms with Gasteiger partial charge in [-0.1, -0.05) is 12.1 Å². The number of rotatable bonds is 6. The smallest absolute Gasteiger partial charge is 0.416 e. The molecule has 0 N–H and O–H groups in total. The summed E-state index contributed by atoms with van der Waals surface area (Å²) < 4.78 is 100. The summed E-state index contributed by atoms with van der Waals surface area (Å²) in [5.74, 6) is -9.41. The maximum absolute atomic E-state index is 14.9. The lowest BCUT2D eigenvalue weighted by molar-refractivity contribution is -0.224. The molecule has 0 amide bonds. The van der Waals surface area contributed by atoms with Gasteiger partial charge in [0.15, 0.2) is 5.78 Å². The fraction of sp³-hybridized carbons (Fsp3) is 0.438. The van der Waals surface area contributed by atoms with Gasteiger partial charge in [0.1, 0.15) is 5.92 Å². The van der Waals surface area contributed by atoms with Crippen molar-refractivity contribution in [3.8, 4) is 0 Å². The molecular weight excluding hydrogens is 405 g/mol. The summed E-state index contributed by atoms with van der Waals surface area (Å²) in [6, 6.07) is 2.07. The molecule has 28 heavy (non-hydrogen) atoms. The van der Waals surface area contributed by atoms with E-state index in [9.17, 15) is 45.1 Å². The molecule has 1 aromatic rings. The summed E-state index contributed by atoms with van der Waals surface area (Å²) in [6.07, 6.45) is -12.1. The predicted molar refractivity (Wildman–Crippen MR) is 77.8 cm³/mol. The number of ketones is 1. The van der Waals surface area contributed by atoms with Gasteiger partial charge in [-0.15, -0.1) is 0 Å². The van der Waals surface area contributed by atoms with Crippen LogP contribution in [0.4, 0.5) is 30.7 Å². The lowest BCUT2D eigenvalue weighted by atomic mass is 9.83. The van der Waals surface area contributed by atoms with E-state index in [1.54, 1.807) is 0 Å². The fourth-order valence-corrected chi connectivity index (χ4v) is 2.30. The van der Waals surface area contributed by atoms with Gasteiger partial charge in [-0.25, -0.2) is 14.0 Å². The van der Waals surface area contributed by atoms with Gasteiger partial charge < -0.3 is 9.47 Å². The Balaban J connectivity index is 3.31. The molecule has 0 heterocycles. The number of hydrogen-bond acceptors (Lipinski definition) is 5. The number of hydrogen-bond donors (Lipinski definition) is 0. The van der Waals surface area contributed by atoms with Crippen LogP contribution < -0.4 is 0 Å². The Bertz CT molecular complexity index is 721. The van der Waals surface area contributed by atoms with E-state index < -0.39 is 59.2 Å². The number of methoxy groups -OCH3 is 2. The molecule has 0 aliphatic carbocycles. The number of carbonyl (C=O) groups is 3. The van der Waals surface area contributed by atoms with Gasteiger partial charge in [0.25, 0.3) is 0 Å². The van der Waals surface area contributed by atoms with Crippen molar-refractivity contribution in [2.45, 2.75) is 24.4 Å². The third-order valence-corrected chi connectivity index (χ3v) is 3.76. The molecule has 0 radical (unpaired) electrons. The standard InChI is InChI=1S/C16H13F7O5/c1-27-12(25)14(17,13(26)28-2)11(16(21,22)23)7-10(24)8-3-5-9(6-4-8)15(18,19)20/h3-6,11H,7H2,1-2H3/t11-/m0/s1. The summed E-state index contributed by atoms with van der Waals surface area (Å²) in [7, 11) is 1.04. The Labute approximate surface area is 153 Å². The van der Waals surface area contributed by atoms with Crippen LogP contribution in [0.5, 0.6) is 0 Å². The van der Waals surface area contributed by atoms with Crippen molar-refractivity contribution in [1.82, 2.24) is 0 Å². The van der Waals surface area contributed by atoms with Crippen molar-refractivity contribution in [3.05, 3.63) is 35.4 Å². The maximum Gasteiger partial charge on any atom is 0.416 e. The second kappa shape index (κ2) is 8.15. The van der Waals surface area contributed by atoms with Crippen LogP contribution in [0.25, 0.3) is 0 Å². The van der Waals surface area contributed by atoms with E-state index in [2.05, 4.69) is 9.47 Å². The first-order chi connectivity index (χ1) is 12.7. The van der Waals surface area contributed by atoms with E-state index in [0.717, 1.165) is 0 Å². The number of alkyl halides is 7. The summed E-state index contributed by atoms with van der Waals surface area (Å²) >= 11 is 0. The van der Waals surface area contributed by atoms with Gasteiger partial charge in [0.2, 0.25) is 0 Å². The monoisotopic (exact) mass is 418 g/mol. The minimum absolute atomic E-state index is 0.444. The summed E-state index contributed by atoms with van der Waals surface area (Å²) in [5.41, 5.74) is -6.16. The van der Waals surface area contributed by atoms with Crippen LogP contribution >= 0.6 is 0 Å². The molecule has 1 aromatic carbocycles. The Morgan fingerprint density at radius 2 is 1.29 bits per heavy atom. The van der Waals surface area contributed by atoms with Gasteiger partial charge in [0.05, 0.1) is 19.8 Å². The number of ether oxygens (including phenoxy) is 2. The number of carbonyl (C=O) groups excluding carboxylic acids is 3. The van der Waals surface area contributed by atoms with Crippen molar-refractivity contribution in [1.29, 1.82) is 0 Å². The lowest BCUT2D eigenvalue weighted by Gasteiger charge is -2.30. The molecule has 1 rings (SSSR count). The summed E-state index contributed by atoms with van der Waals surface area (Å²) in [5, 5.41) is 0. The SMILES string of the molecule is COC(=O)C(F)(C(=O)OC)[C@H](CC(=O)c1ccc(C(F)(F)F)cc1)C(F)(F)F. The Morgan fingerprint density at radius 1 is 0.857 bits per heavy atom. The van der Waals surface area contributed by atoms with Crippen LogP contribution in [0.3, 0.4) is 0 Å². The van der Waals surface area contributed by atoms with Gasteiger partial charge in [-0.2, -0.15) is 26.3 Å². The maximum atomic E-state index is 14.9. The predicted octanol–water partition coefficient (Wildman–Crippen LogP) is 3.51. The van der Waals surface area contributed by atoms with E-state index >= 15 is 0 Å². The molecule has 0 saturated carbocycles. The zero-order chi connectivity index (χ0) is 21.9. The molecule has 0 aliphatic rings. The van der Waals surface area contributed by atoms with Crippen LogP contribution in [-0.2, 0) is 25.2 Å². The van der Waals surface area contributed by atoms with E-state index in [0.29, 0.717) is 38.5 Å². The number of halogens is 7. The topological polar surface area (TPSA) is 69.7 Å². The molecule has 12 heteroatoms. The number of benzene rings is 1. The van der Waals surface area contributed by atoms with Gasteiger partial charge in [-0.05, 0) is 12.1 Å². The molecule has 0 spiro atoms. The molecule has 0 bridgehead atoms. The van der Waals surface area contributed by atoms with E-state index in [4.69, 9.17) is 0 Å². The van der Waals surface area contributed by atoms with Crippen LogP contribution in [-0.4, -0.2) is 43.8 Å². The summed E-state index contributed by atoms with van der Waals surface area (Å²) in [4.78, 5) is 35.2. The van der Waals surface area contributed by atoms with Crippen molar-refractivity contribution in [2.24, 2.45) is 5.92 Å². The average Bonchev–Trinajstić information content (AvgIpc) is 2.62. The normalized spacial score (nSPS) is 13.6. The molecule has 0 fully saturated rings. The Morgan fingerprint density at radius 3 is 1.61 bits per heavy atom. The Kier molecular flexibility index (Phi) is 6.80. The molecule has 0 saturated heterocycles. The first-order valence-electron chi connectivity index (χ1n) is 7.32. The highest BCUT2D eigenvalue weighted by atomic mass is 19.4. The highest BCUT2D eigenvalue weighted by Gasteiger charge is 2.65. The van der Waals surface area contributed by atoms with Gasteiger partial charge in [-0.3, -0.25) is 4.79 Å².